The van der Waals surface area contributed by atoms with Crippen LogP contribution in [0.3, 0.4) is 0 Å². The number of quaternary nitrogens is 1. The van der Waals surface area contributed by atoms with Gasteiger partial charge in [0.25, 0.3) is 0 Å². The molecule has 0 spiro atoms. The van der Waals surface area contributed by atoms with Crippen LogP contribution in [0.5, 0.6) is 5.75 Å². The summed E-state index contributed by atoms with van der Waals surface area (Å²) < 4.78 is 0.778. The third-order valence-electron chi connectivity index (χ3n) is 3.17. The Morgan fingerprint density at radius 3 is 1.47 bits per heavy atom. The predicted molar refractivity (Wildman–Crippen MR) is 75.9 cm³/mol. The van der Waals surface area contributed by atoms with Gasteiger partial charge in [0.15, 0.2) is 0 Å². The Bertz CT molecular complexity index is 371. The first-order valence-electron chi connectivity index (χ1n) is 6.33. The van der Waals surface area contributed by atoms with E-state index in [1.54, 1.807) is 0 Å². The lowest BCUT2D eigenvalue weighted by atomic mass is 9.92. The van der Waals surface area contributed by atoms with Crippen molar-refractivity contribution in [3.63, 3.8) is 0 Å². The van der Waals surface area contributed by atoms with E-state index in [0.29, 0.717) is 17.6 Å². The van der Waals surface area contributed by atoms with Crippen LogP contribution in [0.15, 0.2) is 12.1 Å². The maximum absolute atomic E-state index is 10.3. The lowest BCUT2D eigenvalue weighted by molar-refractivity contribution is 0.448. The van der Waals surface area contributed by atoms with Crippen molar-refractivity contribution in [1.29, 1.82) is 0 Å². The van der Waals surface area contributed by atoms with Crippen LogP contribution < -0.4 is 4.48 Å². The first kappa shape index (κ1) is 14.0. The van der Waals surface area contributed by atoms with Crippen LogP contribution in [0.25, 0.3) is 0 Å². The molecule has 0 saturated heterocycles. The summed E-state index contributed by atoms with van der Waals surface area (Å²) in [6.07, 6.45) is 0. The normalized spacial score (nSPS) is 12.5. The van der Waals surface area contributed by atoms with Crippen LogP contribution in [0.1, 0.15) is 50.7 Å². The van der Waals surface area contributed by atoms with Gasteiger partial charge in [-0.3, -0.25) is 4.48 Å². The number of phenols is 1. The molecule has 0 bridgehead atoms. The molecule has 0 amide bonds. The summed E-state index contributed by atoms with van der Waals surface area (Å²) in [5.41, 5.74) is 3.36. The van der Waals surface area contributed by atoms with E-state index in [2.05, 4.69) is 61.0 Å². The molecule has 0 fully saturated rings. The molecule has 0 aliphatic rings. The monoisotopic (exact) mass is 236 g/mol. The number of phenolic OH excluding ortho intramolecular Hbond substituents is 1. The van der Waals surface area contributed by atoms with Crippen molar-refractivity contribution >= 4 is 5.69 Å². The molecule has 0 aliphatic carbocycles. The zero-order chi connectivity index (χ0) is 13.4. The molecule has 0 heterocycles. The SMILES string of the molecule is CC(C)c1cc([N+](C)(C)C)cc(C(C)C)c1O. The summed E-state index contributed by atoms with van der Waals surface area (Å²) in [4.78, 5) is 0. The van der Waals surface area contributed by atoms with Crippen molar-refractivity contribution in [3.8, 4) is 5.75 Å². The van der Waals surface area contributed by atoms with Crippen molar-refractivity contribution in [3.05, 3.63) is 23.3 Å². The summed E-state index contributed by atoms with van der Waals surface area (Å²) in [5.74, 6) is 1.17. The molecule has 1 rings (SSSR count). The van der Waals surface area contributed by atoms with Crippen molar-refractivity contribution in [2.45, 2.75) is 39.5 Å². The van der Waals surface area contributed by atoms with Gasteiger partial charge in [0, 0.05) is 23.3 Å². The van der Waals surface area contributed by atoms with E-state index in [1.807, 2.05) is 0 Å². The van der Waals surface area contributed by atoms with E-state index < -0.39 is 0 Å². The maximum Gasteiger partial charge on any atom is 0.133 e. The molecule has 96 valence electrons. The van der Waals surface area contributed by atoms with Gasteiger partial charge < -0.3 is 5.11 Å². The van der Waals surface area contributed by atoms with Crippen molar-refractivity contribution < 1.29 is 5.11 Å². The highest BCUT2D eigenvalue weighted by Gasteiger charge is 2.21. The molecule has 0 aromatic heterocycles. The number of hydrogen-bond acceptors (Lipinski definition) is 1. The maximum atomic E-state index is 10.3. The molecule has 0 atom stereocenters. The Labute approximate surface area is 105 Å². The van der Waals surface area contributed by atoms with Crippen molar-refractivity contribution in [1.82, 2.24) is 4.48 Å². The molecule has 0 unspecified atom stereocenters. The van der Waals surface area contributed by atoms with Gasteiger partial charge in [-0.2, -0.15) is 0 Å². The minimum atomic E-state index is 0.346. The second kappa shape index (κ2) is 4.69. The molecule has 2 nitrogen and oxygen atoms in total. The highest BCUT2D eigenvalue weighted by Crippen LogP contribution is 2.37. The number of benzene rings is 1. The molecule has 1 N–H and O–H groups in total. The fraction of sp³-hybridized carbons (Fsp3) is 0.600. The molecule has 0 radical (unpaired) electrons. The smallest absolute Gasteiger partial charge is 0.133 e. The Morgan fingerprint density at radius 2 is 1.24 bits per heavy atom. The minimum absolute atomic E-state index is 0.346. The number of rotatable bonds is 3. The lowest BCUT2D eigenvalue weighted by Gasteiger charge is -2.26. The second-order valence-corrected chi connectivity index (χ2v) is 6.29. The fourth-order valence-corrected chi connectivity index (χ4v) is 1.93. The number of nitrogens with zero attached hydrogens (tertiary/aromatic N) is 1. The van der Waals surface area contributed by atoms with Crippen LogP contribution in [0.4, 0.5) is 5.69 Å². The minimum Gasteiger partial charge on any atom is -0.507 e. The molecule has 0 aliphatic heterocycles. The molecular formula is C15H26NO+. The summed E-state index contributed by atoms with van der Waals surface area (Å²) in [5, 5.41) is 10.3. The largest absolute Gasteiger partial charge is 0.507 e. The van der Waals surface area contributed by atoms with E-state index in [1.165, 1.54) is 5.69 Å². The van der Waals surface area contributed by atoms with Crippen LogP contribution in [0, 0.1) is 0 Å². The summed E-state index contributed by atoms with van der Waals surface area (Å²) >= 11 is 0. The van der Waals surface area contributed by atoms with Crippen LogP contribution in [-0.2, 0) is 0 Å². The number of hydrogen-bond donors (Lipinski definition) is 1. The first-order chi connectivity index (χ1) is 7.64. The lowest BCUT2D eigenvalue weighted by Crippen LogP contribution is -2.35. The van der Waals surface area contributed by atoms with Crippen molar-refractivity contribution in [2.75, 3.05) is 21.1 Å². The Morgan fingerprint density at radius 1 is 0.882 bits per heavy atom. The van der Waals surface area contributed by atoms with Gasteiger partial charge in [0.2, 0.25) is 0 Å². The second-order valence-electron chi connectivity index (χ2n) is 6.29. The Kier molecular flexibility index (Phi) is 3.88. The quantitative estimate of drug-likeness (QED) is 0.791. The van der Waals surface area contributed by atoms with Gasteiger partial charge in [0.05, 0.1) is 21.1 Å². The van der Waals surface area contributed by atoms with Gasteiger partial charge in [-0.15, -0.1) is 0 Å². The summed E-state index contributed by atoms with van der Waals surface area (Å²) in [7, 11) is 6.46. The van der Waals surface area contributed by atoms with Gasteiger partial charge in [0.1, 0.15) is 11.4 Å². The van der Waals surface area contributed by atoms with Crippen molar-refractivity contribution in [2.24, 2.45) is 0 Å². The zero-order valence-corrected chi connectivity index (χ0v) is 12.2. The number of aromatic hydroxyl groups is 1. The van der Waals surface area contributed by atoms with Gasteiger partial charge in [-0.05, 0) is 11.8 Å². The molecule has 0 saturated carbocycles. The van der Waals surface area contributed by atoms with E-state index in [-0.39, 0.29) is 0 Å². The summed E-state index contributed by atoms with van der Waals surface area (Å²) in [6.45, 7) is 8.49. The van der Waals surface area contributed by atoms with Crippen LogP contribution >= 0.6 is 0 Å². The highest BCUT2D eigenvalue weighted by atomic mass is 16.3. The average Bonchev–Trinajstić information content (AvgIpc) is 2.14. The van der Waals surface area contributed by atoms with E-state index in [9.17, 15) is 5.11 Å². The van der Waals surface area contributed by atoms with E-state index >= 15 is 0 Å². The molecular weight excluding hydrogens is 210 g/mol. The molecule has 17 heavy (non-hydrogen) atoms. The van der Waals surface area contributed by atoms with E-state index in [0.717, 1.165) is 15.6 Å². The third kappa shape index (κ3) is 3.01. The van der Waals surface area contributed by atoms with Crippen LogP contribution in [0.2, 0.25) is 0 Å². The zero-order valence-electron chi connectivity index (χ0n) is 12.2. The molecule has 1 aromatic carbocycles. The average molecular weight is 236 g/mol. The molecule has 2 heteroatoms. The standard InChI is InChI=1S/C15H25NO/c1-10(2)13-8-12(16(5,6)7)9-14(11(3)4)15(13)17/h8-11H,1-7H3/p+1. The molecule has 1 aromatic rings. The van der Waals surface area contributed by atoms with Gasteiger partial charge in [-0.1, -0.05) is 27.7 Å². The third-order valence-corrected chi connectivity index (χ3v) is 3.17. The first-order valence-corrected chi connectivity index (χ1v) is 6.33. The fourth-order valence-electron chi connectivity index (χ4n) is 1.93. The summed E-state index contributed by atoms with van der Waals surface area (Å²) in [6, 6.07) is 4.26. The topological polar surface area (TPSA) is 20.2 Å². The van der Waals surface area contributed by atoms with Gasteiger partial charge >= 0.3 is 0 Å². The van der Waals surface area contributed by atoms with Crippen LogP contribution in [-0.4, -0.2) is 26.2 Å². The highest BCUT2D eigenvalue weighted by molar-refractivity contribution is 5.56. The Balaban J connectivity index is 3.48. The van der Waals surface area contributed by atoms with Gasteiger partial charge in [-0.25, -0.2) is 0 Å². The van der Waals surface area contributed by atoms with E-state index in [4.69, 9.17) is 0 Å². The predicted octanol–water partition coefficient (Wildman–Crippen LogP) is 3.84. The Hall–Kier alpha value is -1.02.